The minimum Gasteiger partial charge on any atom is -0.490 e. The topological polar surface area (TPSA) is 72.1 Å². The van der Waals surface area contributed by atoms with Crippen LogP contribution in [0.2, 0.25) is 5.02 Å². The van der Waals surface area contributed by atoms with Crippen LogP contribution < -0.4 is 25.0 Å². The Morgan fingerprint density at radius 2 is 1.80 bits per heavy atom. The van der Waals surface area contributed by atoms with Crippen LogP contribution in [0.3, 0.4) is 0 Å². The standard InChI is InChI=1S/C22H28ClN3O4/c1-3-29-20-8-6-17(14-21(20)30-4-2)25-22(27)15-24-18-13-16(23)5-7-19(18)26-9-11-28-12-10-26/h5-8,13-14,24H,3-4,9-12,15H2,1-2H3,(H,25,27). The van der Waals surface area contributed by atoms with Crippen LogP contribution >= 0.6 is 11.6 Å². The van der Waals surface area contributed by atoms with E-state index in [0.29, 0.717) is 48.6 Å². The quantitative estimate of drug-likeness (QED) is 0.622. The van der Waals surface area contributed by atoms with Crippen molar-refractivity contribution in [3.05, 3.63) is 41.4 Å². The summed E-state index contributed by atoms with van der Waals surface area (Å²) in [4.78, 5) is 14.7. The third-order valence-corrected chi connectivity index (χ3v) is 4.81. The van der Waals surface area contributed by atoms with Crippen molar-refractivity contribution < 1.29 is 19.0 Å². The van der Waals surface area contributed by atoms with E-state index in [-0.39, 0.29) is 12.5 Å². The Hall–Kier alpha value is -2.64. The number of halogens is 1. The Morgan fingerprint density at radius 3 is 2.53 bits per heavy atom. The van der Waals surface area contributed by atoms with Crippen LogP contribution in [0, 0.1) is 0 Å². The van der Waals surface area contributed by atoms with E-state index >= 15 is 0 Å². The molecule has 0 spiro atoms. The Labute approximate surface area is 182 Å². The summed E-state index contributed by atoms with van der Waals surface area (Å²) in [5.74, 6) is 1.09. The molecule has 162 valence electrons. The highest BCUT2D eigenvalue weighted by atomic mass is 35.5. The highest BCUT2D eigenvalue weighted by Crippen LogP contribution is 2.31. The molecule has 1 fully saturated rings. The van der Waals surface area contributed by atoms with Crippen molar-refractivity contribution in [2.24, 2.45) is 0 Å². The summed E-state index contributed by atoms with van der Waals surface area (Å²) in [5.41, 5.74) is 2.48. The minimum atomic E-state index is -0.172. The first-order chi connectivity index (χ1) is 14.6. The molecule has 0 unspecified atom stereocenters. The molecule has 0 saturated carbocycles. The van der Waals surface area contributed by atoms with Gasteiger partial charge in [-0.3, -0.25) is 4.79 Å². The molecule has 8 heteroatoms. The summed E-state index contributed by atoms with van der Waals surface area (Å²) in [7, 11) is 0. The molecule has 3 rings (SSSR count). The van der Waals surface area contributed by atoms with E-state index in [4.69, 9.17) is 25.8 Å². The number of hydrogen-bond donors (Lipinski definition) is 2. The van der Waals surface area contributed by atoms with Gasteiger partial charge in [0.05, 0.1) is 44.3 Å². The fourth-order valence-electron chi connectivity index (χ4n) is 3.24. The van der Waals surface area contributed by atoms with E-state index < -0.39 is 0 Å². The third-order valence-electron chi connectivity index (χ3n) is 4.58. The van der Waals surface area contributed by atoms with Gasteiger partial charge in [-0.05, 0) is 44.2 Å². The monoisotopic (exact) mass is 433 g/mol. The third kappa shape index (κ3) is 5.93. The van der Waals surface area contributed by atoms with Crippen molar-refractivity contribution >= 4 is 34.6 Å². The first-order valence-corrected chi connectivity index (χ1v) is 10.5. The number of nitrogens with one attached hydrogen (secondary N) is 2. The fourth-order valence-corrected chi connectivity index (χ4v) is 3.41. The normalized spacial score (nSPS) is 13.6. The Kier molecular flexibility index (Phi) is 8.04. The zero-order valence-electron chi connectivity index (χ0n) is 17.4. The predicted molar refractivity (Wildman–Crippen MR) is 120 cm³/mol. The molecule has 0 radical (unpaired) electrons. The highest BCUT2D eigenvalue weighted by Gasteiger charge is 2.16. The summed E-state index contributed by atoms with van der Waals surface area (Å²) in [6.07, 6.45) is 0. The number of morpholine rings is 1. The maximum Gasteiger partial charge on any atom is 0.243 e. The lowest BCUT2D eigenvalue weighted by Crippen LogP contribution is -2.36. The van der Waals surface area contributed by atoms with Crippen molar-refractivity contribution in [2.45, 2.75) is 13.8 Å². The summed E-state index contributed by atoms with van der Waals surface area (Å²) in [6.45, 7) is 7.95. The summed E-state index contributed by atoms with van der Waals surface area (Å²) in [6, 6.07) is 11.0. The second-order valence-electron chi connectivity index (χ2n) is 6.69. The summed E-state index contributed by atoms with van der Waals surface area (Å²) < 4.78 is 16.6. The second-order valence-corrected chi connectivity index (χ2v) is 7.13. The maximum atomic E-state index is 12.5. The van der Waals surface area contributed by atoms with Crippen molar-refractivity contribution in [3.63, 3.8) is 0 Å². The molecule has 2 aromatic rings. The smallest absolute Gasteiger partial charge is 0.243 e. The van der Waals surface area contributed by atoms with Gasteiger partial charge in [0, 0.05) is 29.9 Å². The zero-order chi connectivity index (χ0) is 21.3. The zero-order valence-corrected chi connectivity index (χ0v) is 18.1. The van der Waals surface area contributed by atoms with Crippen molar-refractivity contribution in [3.8, 4) is 11.5 Å². The molecular weight excluding hydrogens is 406 g/mol. The maximum absolute atomic E-state index is 12.5. The van der Waals surface area contributed by atoms with Crippen molar-refractivity contribution in [1.82, 2.24) is 0 Å². The van der Waals surface area contributed by atoms with Gasteiger partial charge < -0.3 is 29.7 Å². The Bertz CT molecular complexity index is 856. The summed E-state index contributed by atoms with van der Waals surface area (Å²) >= 11 is 6.18. The van der Waals surface area contributed by atoms with Gasteiger partial charge in [0.15, 0.2) is 11.5 Å². The van der Waals surface area contributed by atoms with Crippen molar-refractivity contribution in [2.75, 3.05) is 61.6 Å². The van der Waals surface area contributed by atoms with Crippen LogP contribution in [-0.4, -0.2) is 52.0 Å². The van der Waals surface area contributed by atoms with E-state index in [1.54, 1.807) is 18.2 Å². The van der Waals surface area contributed by atoms with Gasteiger partial charge in [0.25, 0.3) is 0 Å². The average molecular weight is 434 g/mol. The molecule has 0 bridgehead atoms. The number of rotatable bonds is 9. The Morgan fingerprint density at radius 1 is 1.07 bits per heavy atom. The number of nitrogens with zero attached hydrogens (tertiary/aromatic N) is 1. The van der Waals surface area contributed by atoms with Gasteiger partial charge >= 0.3 is 0 Å². The van der Waals surface area contributed by atoms with Crippen molar-refractivity contribution in [1.29, 1.82) is 0 Å². The molecule has 7 nitrogen and oxygen atoms in total. The largest absolute Gasteiger partial charge is 0.490 e. The number of hydrogen-bond acceptors (Lipinski definition) is 6. The lowest BCUT2D eigenvalue weighted by Gasteiger charge is -2.30. The van der Waals surface area contributed by atoms with Gasteiger partial charge in [0.1, 0.15) is 0 Å². The SMILES string of the molecule is CCOc1ccc(NC(=O)CNc2cc(Cl)ccc2N2CCOCC2)cc1OCC. The van der Waals surface area contributed by atoms with E-state index in [0.717, 1.165) is 24.5 Å². The van der Waals surface area contributed by atoms with Crippen LogP contribution in [0.5, 0.6) is 11.5 Å². The van der Waals surface area contributed by atoms with Crippen LogP contribution in [0.4, 0.5) is 17.1 Å². The van der Waals surface area contributed by atoms with Crippen LogP contribution in [0.1, 0.15) is 13.8 Å². The van der Waals surface area contributed by atoms with Gasteiger partial charge in [-0.1, -0.05) is 11.6 Å². The lowest BCUT2D eigenvalue weighted by atomic mass is 10.2. The first-order valence-electron chi connectivity index (χ1n) is 10.2. The molecule has 2 aromatic carbocycles. The summed E-state index contributed by atoms with van der Waals surface area (Å²) in [5, 5.41) is 6.71. The average Bonchev–Trinajstić information content (AvgIpc) is 2.75. The molecule has 0 aliphatic carbocycles. The van der Waals surface area contributed by atoms with E-state index in [1.807, 2.05) is 32.0 Å². The van der Waals surface area contributed by atoms with E-state index in [2.05, 4.69) is 15.5 Å². The van der Waals surface area contributed by atoms with Gasteiger partial charge in [0.2, 0.25) is 5.91 Å². The molecule has 1 aliphatic rings. The van der Waals surface area contributed by atoms with Gasteiger partial charge in [-0.25, -0.2) is 0 Å². The molecule has 1 heterocycles. The first kappa shape index (κ1) is 22.1. The number of benzene rings is 2. The van der Waals surface area contributed by atoms with Gasteiger partial charge in [-0.2, -0.15) is 0 Å². The number of amides is 1. The molecule has 1 saturated heterocycles. The fraction of sp³-hybridized carbons (Fsp3) is 0.409. The van der Waals surface area contributed by atoms with Crippen LogP contribution in [-0.2, 0) is 9.53 Å². The van der Waals surface area contributed by atoms with E-state index in [9.17, 15) is 4.79 Å². The second kappa shape index (κ2) is 10.9. The molecule has 0 aromatic heterocycles. The Balaban J connectivity index is 1.65. The minimum absolute atomic E-state index is 0.106. The predicted octanol–water partition coefficient (Wildman–Crippen LogP) is 4.02. The molecule has 30 heavy (non-hydrogen) atoms. The molecule has 0 atom stereocenters. The van der Waals surface area contributed by atoms with E-state index in [1.165, 1.54) is 0 Å². The molecule has 1 aliphatic heterocycles. The van der Waals surface area contributed by atoms with Crippen LogP contribution in [0.25, 0.3) is 0 Å². The highest BCUT2D eigenvalue weighted by molar-refractivity contribution is 6.31. The van der Waals surface area contributed by atoms with Crippen LogP contribution in [0.15, 0.2) is 36.4 Å². The molecular formula is C22H28ClN3O4. The van der Waals surface area contributed by atoms with Gasteiger partial charge in [-0.15, -0.1) is 0 Å². The molecule has 2 N–H and O–H groups in total. The molecule has 1 amide bonds. The number of ether oxygens (including phenoxy) is 3. The lowest BCUT2D eigenvalue weighted by molar-refractivity contribution is -0.114. The number of carbonyl (C=O) groups is 1. The number of carbonyl (C=O) groups excluding carboxylic acids is 1. The number of anilines is 3.